The lowest BCUT2D eigenvalue weighted by Crippen LogP contribution is -2.08. The van der Waals surface area contributed by atoms with Gasteiger partial charge < -0.3 is 4.74 Å². The van der Waals surface area contributed by atoms with Gasteiger partial charge in [0.1, 0.15) is 0 Å². The first-order chi connectivity index (χ1) is 6.93. The lowest BCUT2D eigenvalue weighted by molar-refractivity contribution is 0.227. The average Bonchev–Trinajstić information content (AvgIpc) is 2.12. The second kappa shape index (κ2) is 4.60. The van der Waals surface area contributed by atoms with Gasteiger partial charge in [-0.1, -0.05) is 19.9 Å². The highest BCUT2D eigenvalue weighted by Gasteiger charge is 2.16. The van der Waals surface area contributed by atoms with Crippen LogP contribution in [0, 0.1) is 11.6 Å². The van der Waals surface area contributed by atoms with Crippen LogP contribution in [0.2, 0.25) is 0 Å². The first-order valence-corrected chi connectivity index (χ1v) is 5.08. The van der Waals surface area contributed by atoms with Gasteiger partial charge in [-0.05, 0) is 31.4 Å². The van der Waals surface area contributed by atoms with E-state index in [0.717, 1.165) is 0 Å². The molecule has 0 amide bonds. The summed E-state index contributed by atoms with van der Waals surface area (Å²) in [6, 6.07) is 3.05. The Kier molecular flexibility index (Phi) is 3.66. The first kappa shape index (κ1) is 12.0. The third kappa shape index (κ3) is 2.67. The summed E-state index contributed by atoms with van der Waals surface area (Å²) in [5, 5.41) is 0. The van der Waals surface area contributed by atoms with E-state index in [2.05, 4.69) is 0 Å². The molecule has 0 spiro atoms. The Bertz CT molecular complexity index is 346. The maximum Gasteiger partial charge on any atom is 0.200 e. The van der Waals surface area contributed by atoms with Crippen LogP contribution in [0.1, 0.15) is 39.2 Å². The highest BCUT2D eigenvalue weighted by molar-refractivity contribution is 5.32. The Morgan fingerprint density at radius 2 is 1.60 bits per heavy atom. The molecule has 1 aromatic rings. The third-order valence-electron chi connectivity index (χ3n) is 2.06. The second-order valence-corrected chi connectivity index (χ2v) is 4.10. The summed E-state index contributed by atoms with van der Waals surface area (Å²) in [7, 11) is 0. The molecule has 0 aliphatic heterocycles. The summed E-state index contributed by atoms with van der Waals surface area (Å²) >= 11 is 0. The molecule has 0 saturated carbocycles. The molecule has 1 rings (SSSR count). The Morgan fingerprint density at radius 3 is 2.07 bits per heavy atom. The van der Waals surface area contributed by atoms with Gasteiger partial charge in [0.25, 0.3) is 0 Å². The van der Waals surface area contributed by atoms with Crippen molar-refractivity contribution in [3.8, 4) is 5.75 Å². The summed E-state index contributed by atoms with van der Waals surface area (Å²) in [5.74, 6) is -1.75. The SMILES string of the molecule is CC(C)Oc1ccc(C(C)C)c(F)c1F. The number of ether oxygens (including phenoxy) is 1. The van der Waals surface area contributed by atoms with E-state index >= 15 is 0 Å². The minimum atomic E-state index is -0.894. The number of hydrogen-bond acceptors (Lipinski definition) is 1. The Hall–Kier alpha value is -1.12. The molecule has 0 aliphatic carbocycles. The predicted octanol–water partition coefficient (Wildman–Crippen LogP) is 3.88. The normalized spacial score (nSPS) is 11.2. The highest BCUT2D eigenvalue weighted by atomic mass is 19.2. The molecule has 0 aromatic heterocycles. The van der Waals surface area contributed by atoms with E-state index in [1.165, 1.54) is 6.07 Å². The molecule has 0 aliphatic rings. The molecule has 1 nitrogen and oxygen atoms in total. The van der Waals surface area contributed by atoms with Crippen molar-refractivity contribution in [3.05, 3.63) is 29.3 Å². The largest absolute Gasteiger partial charge is 0.488 e. The zero-order chi connectivity index (χ0) is 11.6. The van der Waals surface area contributed by atoms with Gasteiger partial charge in [-0.2, -0.15) is 4.39 Å². The van der Waals surface area contributed by atoms with Crippen LogP contribution in [0.3, 0.4) is 0 Å². The van der Waals surface area contributed by atoms with Gasteiger partial charge in [0.15, 0.2) is 11.6 Å². The summed E-state index contributed by atoms with van der Waals surface area (Å²) in [6.07, 6.45) is -0.163. The summed E-state index contributed by atoms with van der Waals surface area (Å²) in [5.41, 5.74) is 0.378. The maximum atomic E-state index is 13.5. The van der Waals surface area contributed by atoms with Crippen molar-refractivity contribution in [2.24, 2.45) is 0 Å². The standard InChI is InChI=1S/C12H16F2O/c1-7(2)9-5-6-10(15-8(3)4)12(14)11(9)13/h5-8H,1-4H3. The van der Waals surface area contributed by atoms with Gasteiger partial charge in [-0.3, -0.25) is 0 Å². The quantitative estimate of drug-likeness (QED) is 0.742. The van der Waals surface area contributed by atoms with E-state index < -0.39 is 11.6 Å². The van der Waals surface area contributed by atoms with Crippen LogP contribution in [-0.2, 0) is 0 Å². The fourth-order valence-corrected chi connectivity index (χ4v) is 1.34. The topological polar surface area (TPSA) is 9.23 Å². The number of rotatable bonds is 3. The zero-order valence-corrected chi connectivity index (χ0v) is 9.47. The summed E-state index contributed by atoms with van der Waals surface area (Å²) in [6.45, 7) is 7.18. The molecule has 1 aromatic carbocycles. The minimum Gasteiger partial charge on any atom is -0.488 e. The Balaban J connectivity index is 3.10. The smallest absolute Gasteiger partial charge is 0.200 e. The molecule has 0 N–H and O–H groups in total. The molecule has 3 heteroatoms. The fourth-order valence-electron chi connectivity index (χ4n) is 1.34. The third-order valence-corrected chi connectivity index (χ3v) is 2.06. The maximum absolute atomic E-state index is 13.5. The van der Waals surface area contributed by atoms with E-state index in [-0.39, 0.29) is 17.8 Å². The zero-order valence-electron chi connectivity index (χ0n) is 9.47. The number of halogens is 2. The van der Waals surface area contributed by atoms with Crippen molar-refractivity contribution < 1.29 is 13.5 Å². The molecule has 0 saturated heterocycles. The second-order valence-electron chi connectivity index (χ2n) is 4.10. The molecule has 0 radical (unpaired) electrons. The van der Waals surface area contributed by atoms with Gasteiger partial charge in [0.2, 0.25) is 5.82 Å². The number of hydrogen-bond donors (Lipinski definition) is 0. The molecule has 15 heavy (non-hydrogen) atoms. The summed E-state index contributed by atoms with van der Waals surface area (Å²) < 4.78 is 32.1. The van der Waals surface area contributed by atoms with Crippen molar-refractivity contribution in [3.63, 3.8) is 0 Å². The van der Waals surface area contributed by atoms with Crippen molar-refractivity contribution in [2.45, 2.75) is 39.7 Å². The first-order valence-electron chi connectivity index (χ1n) is 5.08. The Morgan fingerprint density at radius 1 is 1.00 bits per heavy atom. The molecule has 0 fully saturated rings. The van der Waals surface area contributed by atoms with Gasteiger partial charge >= 0.3 is 0 Å². The van der Waals surface area contributed by atoms with Crippen LogP contribution < -0.4 is 4.74 Å². The van der Waals surface area contributed by atoms with Crippen molar-refractivity contribution in [1.29, 1.82) is 0 Å². The van der Waals surface area contributed by atoms with Gasteiger partial charge in [0.05, 0.1) is 6.10 Å². The number of benzene rings is 1. The molecular formula is C12H16F2O. The van der Waals surface area contributed by atoms with Gasteiger partial charge in [0, 0.05) is 0 Å². The molecule has 0 bridgehead atoms. The highest BCUT2D eigenvalue weighted by Crippen LogP contribution is 2.27. The monoisotopic (exact) mass is 214 g/mol. The molecule has 0 unspecified atom stereocenters. The van der Waals surface area contributed by atoms with Crippen LogP contribution in [-0.4, -0.2) is 6.10 Å². The van der Waals surface area contributed by atoms with Gasteiger partial charge in [-0.15, -0.1) is 0 Å². The van der Waals surface area contributed by atoms with E-state index in [4.69, 9.17) is 4.74 Å². The fraction of sp³-hybridized carbons (Fsp3) is 0.500. The van der Waals surface area contributed by atoms with Crippen molar-refractivity contribution in [2.75, 3.05) is 0 Å². The van der Waals surface area contributed by atoms with Crippen LogP contribution >= 0.6 is 0 Å². The van der Waals surface area contributed by atoms with Crippen LogP contribution in [0.25, 0.3) is 0 Å². The lowest BCUT2D eigenvalue weighted by atomic mass is 10.0. The predicted molar refractivity (Wildman–Crippen MR) is 56.2 cm³/mol. The van der Waals surface area contributed by atoms with Crippen LogP contribution in [0.5, 0.6) is 5.75 Å². The average molecular weight is 214 g/mol. The van der Waals surface area contributed by atoms with E-state index in [0.29, 0.717) is 5.56 Å². The molecule has 0 atom stereocenters. The molecule has 0 heterocycles. The van der Waals surface area contributed by atoms with E-state index in [9.17, 15) is 8.78 Å². The van der Waals surface area contributed by atoms with Crippen molar-refractivity contribution in [1.82, 2.24) is 0 Å². The van der Waals surface area contributed by atoms with E-state index in [1.807, 2.05) is 13.8 Å². The van der Waals surface area contributed by atoms with Gasteiger partial charge in [-0.25, -0.2) is 4.39 Å². The lowest BCUT2D eigenvalue weighted by Gasteiger charge is -2.13. The van der Waals surface area contributed by atoms with Crippen LogP contribution in [0.4, 0.5) is 8.78 Å². The van der Waals surface area contributed by atoms with Crippen LogP contribution in [0.15, 0.2) is 12.1 Å². The molecular weight excluding hydrogens is 198 g/mol. The molecule has 84 valence electrons. The van der Waals surface area contributed by atoms with Crippen molar-refractivity contribution >= 4 is 0 Å². The van der Waals surface area contributed by atoms with E-state index in [1.54, 1.807) is 19.9 Å². The minimum absolute atomic E-state index is 0.0214. The summed E-state index contributed by atoms with van der Waals surface area (Å²) in [4.78, 5) is 0. The Labute approximate surface area is 89.1 Å².